The van der Waals surface area contributed by atoms with Crippen LogP contribution in [0, 0.1) is 0 Å². The number of rotatable bonds is 3. The molecular weight excluding hydrogens is 276 g/mol. The van der Waals surface area contributed by atoms with Crippen LogP contribution in [-0.4, -0.2) is 31.3 Å². The Morgan fingerprint density at radius 2 is 1.82 bits per heavy atom. The van der Waals surface area contributed by atoms with E-state index in [9.17, 15) is 4.79 Å². The SMILES string of the molecule is O=C(NC1C=CC=CC1c1ccccc1)OC1CCNCC1. The normalized spacial score (nSPS) is 24.9. The summed E-state index contributed by atoms with van der Waals surface area (Å²) in [6, 6.07) is 10.1. The van der Waals surface area contributed by atoms with Crippen LogP contribution in [0.15, 0.2) is 54.6 Å². The molecule has 1 heterocycles. The average Bonchev–Trinajstić information content (AvgIpc) is 2.57. The first-order chi connectivity index (χ1) is 10.8. The summed E-state index contributed by atoms with van der Waals surface area (Å²) >= 11 is 0. The van der Waals surface area contributed by atoms with Gasteiger partial charge in [0, 0.05) is 5.92 Å². The molecule has 1 aliphatic carbocycles. The fraction of sp³-hybridized carbons (Fsp3) is 0.389. The molecule has 2 N–H and O–H groups in total. The van der Waals surface area contributed by atoms with E-state index >= 15 is 0 Å². The van der Waals surface area contributed by atoms with E-state index in [1.807, 2.05) is 36.4 Å². The third kappa shape index (κ3) is 3.77. The van der Waals surface area contributed by atoms with Crippen molar-refractivity contribution < 1.29 is 9.53 Å². The molecular formula is C18H22N2O2. The van der Waals surface area contributed by atoms with Crippen molar-refractivity contribution in [1.29, 1.82) is 0 Å². The highest BCUT2D eigenvalue weighted by atomic mass is 16.6. The lowest BCUT2D eigenvalue weighted by atomic mass is 9.88. The van der Waals surface area contributed by atoms with Crippen LogP contribution in [0.4, 0.5) is 4.79 Å². The first-order valence-electron chi connectivity index (χ1n) is 7.91. The van der Waals surface area contributed by atoms with Gasteiger partial charge in [-0.05, 0) is 31.5 Å². The molecule has 3 rings (SSSR count). The van der Waals surface area contributed by atoms with Crippen molar-refractivity contribution >= 4 is 6.09 Å². The maximum atomic E-state index is 12.1. The second-order valence-corrected chi connectivity index (χ2v) is 5.73. The molecule has 0 bridgehead atoms. The van der Waals surface area contributed by atoms with Gasteiger partial charge in [-0.2, -0.15) is 0 Å². The van der Waals surface area contributed by atoms with E-state index in [2.05, 4.69) is 28.8 Å². The van der Waals surface area contributed by atoms with E-state index in [4.69, 9.17) is 4.74 Å². The Labute approximate surface area is 131 Å². The Kier molecular flexibility index (Phi) is 4.91. The average molecular weight is 298 g/mol. The van der Waals surface area contributed by atoms with Crippen LogP contribution in [0.1, 0.15) is 24.3 Å². The molecule has 1 aliphatic heterocycles. The molecule has 22 heavy (non-hydrogen) atoms. The van der Waals surface area contributed by atoms with Crippen LogP contribution in [-0.2, 0) is 4.74 Å². The lowest BCUT2D eigenvalue weighted by Gasteiger charge is -2.27. The van der Waals surface area contributed by atoms with E-state index in [1.165, 1.54) is 5.56 Å². The van der Waals surface area contributed by atoms with Crippen LogP contribution in [0.25, 0.3) is 0 Å². The van der Waals surface area contributed by atoms with Crippen molar-refractivity contribution in [2.24, 2.45) is 0 Å². The fourth-order valence-corrected chi connectivity index (χ4v) is 2.97. The van der Waals surface area contributed by atoms with Gasteiger partial charge in [-0.3, -0.25) is 0 Å². The summed E-state index contributed by atoms with van der Waals surface area (Å²) in [7, 11) is 0. The second-order valence-electron chi connectivity index (χ2n) is 5.73. The smallest absolute Gasteiger partial charge is 0.407 e. The number of benzene rings is 1. The van der Waals surface area contributed by atoms with Crippen molar-refractivity contribution in [3.63, 3.8) is 0 Å². The summed E-state index contributed by atoms with van der Waals surface area (Å²) in [4.78, 5) is 12.1. The zero-order valence-corrected chi connectivity index (χ0v) is 12.6. The molecule has 4 nitrogen and oxygen atoms in total. The topological polar surface area (TPSA) is 50.4 Å². The van der Waals surface area contributed by atoms with Gasteiger partial charge in [0.05, 0.1) is 6.04 Å². The van der Waals surface area contributed by atoms with Crippen LogP contribution in [0.3, 0.4) is 0 Å². The molecule has 0 spiro atoms. The molecule has 0 aromatic heterocycles. The van der Waals surface area contributed by atoms with Gasteiger partial charge < -0.3 is 15.4 Å². The Morgan fingerprint density at radius 3 is 2.59 bits per heavy atom. The number of hydrogen-bond donors (Lipinski definition) is 2. The molecule has 1 amide bonds. The Balaban J connectivity index is 1.61. The van der Waals surface area contributed by atoms with E-state index in [1.54, 1.807) is 0 Å². The van der Waals surface area contributed by atoms with Crippen LogP contribution in [0.5, 0.6) is 0 Å². The number of amides is 1. The standard InChI is InChI=1S/C18H22N2O2/c21-18(22-15-10-12-19-13-11-15)20-17-9-5-4-8-16(17)14-6-2-1-3-7-14/h1-9,15-17,19H,10-13H2,(H,20,21). The number of piperidine rings is 1. The summed E-state index contributed by atoms with van der Waals surface area (Å²) in [6.07, 6.45) is 9.60. The first-order valence-corrected chi connectivity index (χ1v) is 7.91. The van der Waals surface area contributed by atoms with Gasteiger partial charge in [0.1, 0.15) is 6.10 Å². The maximum absolute atomic E-state index is 12.1. The summed E-state index contributed by atoms with van der Waals surface area (Å²) in [5.41, 5.74) is 1.19. The molecule has 4 heteroatoms. The Morgan fingerprint density at radius 1 is 1.09 bits per heavy atom. The fourth-order valence-electron chi connectivity index (χ4n) is 2.97. The predicted octanol–water partition coefficient (Wildman–Crippen LogP) is 2.74. The third-order valence-electron chi connectivity index (χ3n) is 4.16. The molecule has 0 radical (unpaired) electrons. The molecule has 1 saturated heterocycles. The van der Waals surface area contributed by atoms with Gasteiger partial charge >= 0.3 is 6.09 Å². The highest BCUT2D eigenvalue weighted by Crippen LogP contribution is 2.25. The number of ether oxygens (including phenoxy) is 1. The minimum absolute atomic E-state index is 0.0273. The van der Waals surface area contributed by atoms with Crippen LogP contribution < -0.4 is 10.6 Å². The molecule has 1 aromatic rings. The molecule has 116 valence electrons. The van der Waals surface area contributed by atoms with Gasteiger partial charge in [0.15, 0.2) is 0 Å². The van der Waals surface area contributed by atoms with Crippen molar-refractivity contribution in [1.82, 2.24) is 10.6 Å². The van der Waals surface area contributed by atoms with Gasteiger partial charge in [-0.1, -0.05) is 54.6 Å². The van der Waals surface area contributed by atoms with Gasteiger partial charge in [-0.25, -0.2) is 4.79 Å². The van der Waals surface area contributed by atoms with E-state index in [0.29, 0.717) is 0 Å². The molecule has 2 aliphatic rings. The summed E-state index contributed by atoms with van der Waals surface area (Å²) in [5.74, 6) is 0.145. The van der Waals surface area contributed by atoms with Crippen molar-refractivity contribution in [3.05, 3.63) is 60.2 Å². The van der Waals surface area contributed by atoms with Gasteiger partial charge in [0.25, 0.3) is 0 Å². The quantitative estimate of drug-likeness (QED) is 0.902. The predicted molar refractivity (Wildman–Crippen MR) is 86.8 cm³/mol. The van der Waals surface area contributed by atoms with Gasteiger partial charge in [-0.15, -0.1) is 0 Å². The van der Waals surface area contributed by atoms with Crippen LogP contribution in [0.2, 0.25) is 0 Å². The molecule has 2 atom stereocenters. The van der Waals surface area contributed by atoms with Crippen molar-refractivity contribution in [2.75, 3.05) is 13.1 Å². The largest absolute Gasteiger partial charge is 0.446 e. The Hall–Kier alpha value is -2.07. The Bertz CT molecular complexity index is 547. The molecule has 2 unspecified atom stereocenters. The van der Waals surface area contributed by atoms with E-state index < -0.39 is 0 Å². The highest BCUT2D eigenvalue weighted by molar-refractivity contribution is 5.68. The number of hydrogen-bond acceptors (Lipinski definition) is 3. The lowest BCUT2D eigenvalue weighted by Crippen LogP contribution is -2.42. The van der Waals surface area contributed by atoms with Crippen LogP contribution >= 0.6 is 0 Å². The van der Waals surface area contributed by atoms with E-state index in [-0.39, 0.29) is 24.2 Å². The maximum Gasteiger partial charge on any atom is 0.407 e. The highest BCUT2D eigenvalue weighted by Gasteiger charge is 2.24. The van der Waals surface area contributed by atoms with E-state index in [0.717, 1.165) is 25.9 Å². The number of allylic oxidation sites excluding steroid dienone is 2. The molecule has 1 aromatic carbocycles. The summed E-state index contributed by atoms with van der Waals surface area (Å²) in [5, 5.41) is 6.26. The molecule has 0 saturated carbocycles. The summed E-state index contributed by atoms with van der Waals surface area (Å²) in [6.45, 7) is 1.83. The van der Waals surface area contributed by atoms with Crippen molar-refractivity contribution in [2.45, 2.75) is 30.9 Å². The van der Waals surface area contributed by atoms with Gasteiger partial charge in [0.2, 0.25) is 0 Å². The number of carbonyl (C=O) groups is 1. The van der Waals surface area contributed by atoms with Crippen molar-refractivity contribution in [3.8, 4) is 0 Å². The molecule has 1 fully saturated rings. The number of alkyl carbamates (subject to hydrolysis) is 1. The summed E-state index contributed by atoms with van der Waals surface area (Å²) < 4.78 is 5.53. The zero-order valence-electron chi connectivity index (χ0n) is 12.6. The lowest BCUT2D eigenvalue weighted by molar-refractivity contribution is 0.0776. The monoisotopic (exact) mass is 298 g/mol. The third-order valence-corrected chi connectivity index (χ3v) is 4.16. The number of nitrogens with one attached hydrogen (secondary N) is 2. The minimum atomic E-state index is -0.321. The minimum Gasteiger partial charge on any atom is -0.446 e. The number of carbonyl (C=O) groups excluding carboxylic acids is 1. The first kappa shape index (κ1) is 14.9. The second kappa shape index (κ2) is 7.27. The zero-order chi connectivity index (χ0) is 15.2.